The summed E-state index contributed by atoms with van der Waals surface area (Å²) in [7, 11) is 0. The van der Waals surface area contributed by atoms with Crippen LogP contribution in [0.4, 0.5) is 5.82 Å². The summed E-state index contributed by atoms with van der Waals surface area (Å²) in [6.07, 6.45) is 9.18. The SMILES string of the molecule is CSC1CCC(Nc2nc(C)cnc2C)CC1. The molecule has 1 aliphatic carbocycles. The van der Waals surface area contributed by atoms with E-state index in [9.17, 15) is 0 Å². The zero-order valence-corrected chi connectivity index (χ0v) is 11.7. The van der Waals surface area contributed by atoms with E-state index in [0.717, 1.165) is 22.5 Å². The Morgan fingerprint density at radius 1 is 1.24 bits per heavy atom. The number of aromatic nitrogens is 2. The van der Waals surface area contributed by atoms with Crippen LogP contribution in [0.5, 0.6) is 0 Å². The smallest absolute Gasteiger partial charge is 0.147 e. The summed E-state index contributed by atoms with van der Waals surface area (Å²) in [6, 6.07) is 0.577. The maximum absolute atomic E-state index is 4.53. The first-order valence-electron chi connectivity index (χ1n) is 6.28. The standard InChI is InChI=1S/C13H21N3S/c1-9-8-14-10(2)13(15-9)16-11-4-6-12(17-3)7-5-11/h8,11-12H,4-7H2,1-3H3,(H,15,16). The van der Waals surface area contributed by atoms with Crippen LogP contribution in [-0.2, 0) is 0 Å². The predicted octanol–water partition coefficient (Wildman–Crippen LogP) is 3.18. The summed E-state index contributed by atoms with van der Waals surface area (Å²) >= 11 is 2.00. The lowest BCUT2D eigenvalue weighted by molar-refractivity contribution is 0.472. The van der Waals surface area contributed by atoms with Gasteiger partial charge < -0.3 is 5.32 Å². The van der Waals surface area contributed by atoms with Gasteiger partial charge in [0.05, 0.1) is 11.4 Å². The third kappa shape index (κ3) is 3.35. The van der Waals surface area contributed by atoms with Crippen molar-refractivity contribution in [1.29, 1.82) is 0 Å². The highest BCUT2D eigenvalue weighted by Gasteiger charge is 2.21. The van der Waals surface area contributed by atoms with Crippen molar-refractivity contribution >= 4 is 17.6 Å². The van der Waals surface area contributed by atoms with Crippen LogP contribution < -0.4 is 5.32 Å². The summed E-state index contributed by atoms with van der Waals surface area (Å²) in [5.74, 6) is 0.970. The first-order chi connectivity index (χ1) is 8.19. The number of nitrogens with zero attached hydrogens (tertiary/aromatic N) is 2. The number of aryl methyl sites for hydroxylation is 2. The Morgan fingerprint density at radius 2 is 1.94 bits per heavy atom. The Bertz CT molecular complexity index is 373. The van der Waals surface area contributed by atoms with Gasteiger partial charge in [0.2, 0.25) is 0 Å². The van der Waals surface area contributed by atoms with E-state index in [4.69, 9.17) is 0 Å². The molecule has 1 heterocycles. The Hall–Kier alpha value is -0.770. The molecule has 0 unspecified atom stereocenters. The molecule has 4 heteroatoms. The third-order valence-electron chi connectivity index (χ3n) is 3.42. The number of hydrogen-bond donors (Lipinski definition) is 1. The van der Waals surface area contributed by atoms with Gasteiger partial charge in [-0.25, -0.2) is 4.98 Å². The molecule has 0 atom stereocenters. The van der Waals surface area contributed by atoms with E-state index in [1.807, 2.05) is 31.8 Å². The lowest BCUT2D eigenvalue weighted by atomic mass is 9.95. The summed E-state index contributed by atoms with van der Waals surface area (Å²) < 4.78 is 0. The number of thioether (sulfide) groups is 1. The fraction of sp³-hybridized carbons (Fsp3) is 0.692. The molecule has 0 aromatic carbocycles. The lowest BCUT2D eigenvalue weighted by Gasteiger charge is -2.28. The van der Waals surface area contributed by atoms with Crippen LogP contribution >= 0.6 is 11.8 Å². The molecule has 2 rings (SSSR count). The first kappa shape index (κ1) is 12.7. The van der Waals surface area contributed by atoms with Crippen LogP contribution in [0.1, 0.15) is 37.1 Å². The van der Waals surface area contributed by atoms with E-state index in [1.165, 1.54) is 25.7 Å². The van der Waals surface area contributed by atoms with Gasteiger partial charge in [0.25, 0.3) is 0 Å². The van der Waals surface area contributed by atoms with E-state index >= 15 is 0 Å². The zero-order chi connectivity index (χ0) is 12.3. The van der Waals surface area contributed by atoms with E-state index in [1.54, 1.807) is 0 Å². The molecule has 0 spiro atoms. The molecule has 0 bridgehead atoms. The van der Waals surface area contributed by atoms with E-state index in [2.05, 4.69) is 21.5 Å². The molecule has 0 aliphatic heterocycles. The van der Waals surface area contributed by atoms with Crippen LogP contribution in [0.25, 0.3) is 0 Å². The fourth-order valence-electron chi connectivity index (χ4n) is 2.31. The van der Waals surface area contributed by atoms with Crippen molar-refractivity contribution < 1.29 is 0 Å². The van der Waals surface area contributed by atoms with Crippen molar-refractivity contribution in [2.75, 3.05) is 11.6 Å². The van der Waals surface area contributed by atoms with Crippen molar-refractivity contribution in [3.05, 3.63) is 17.6 Å². The van der Waals surface area contributed by atoms with Gasteiger partial charge in [0.1, 0.15) is 5.82 Å². The molecule has 94 valence electrons. The largest absolute Gasteiger partial charge is 0.366 e. The normalized spacial score (nSPS) is 24.6. The molecule has 1 aliphatic rings. The molecular weight excluding hydrogens is 230 g/mol. The second-order valence-corrected chi connectivity index (χ2v) is 5.94. The van der Waals surface area contributed by atoms with E-state index in [-0.39, 0.29) is 0 Å². The summed E-state index contributed by atoms with van der Waals surface area (Å²) in [5.41, 5.74) is 1.98. The van der Waals surface area contributed by atoms with Gasteiger partial charge in [-0.3, -0.25) is 4.98 Å². The molecule has 0 radical (unpaired) electrons. The first-order valence-corrected chi connectivity index (χ1v) is 7.57. The van der Waals surface area contributed by atoms with Gasteiger partial charge in [-0.2, -0.15) is 11.8 Å². The van der Waals surface area contributed by atoms with Gasteiger partial charge in [0, 0.05) is 17.5 Å². The van der Waals surface area contributed by atoms with Crippen LogP contribution in [0.2, 0.25) is 0 Å². The highest BCUT2D eigenvalue weighted by Crippen LogP contribution is 2.28. The zero-order valence-electron chi connectivity index (χ0n) is 10.9. The monoisotopic (exact) mass is 251 g/mol. The Labute approximate surface area is 108 Å². The number of rotatable bonds is 3. The van der Waals surface area contributed by atoms with E-state index in [0.29, 0.717) is 6.04 Å². The molecule has 17 heavy (non-hydrogen) atoms. The minimum atomic E-state index is 0.577. The van der Waals surface area contributed by atoms with E-state index < -0.39 is 0 Å². The van der Waals surface area contributed by atoms with Crippen molar-refractivity contribution in [2.24, 2.45) is 0 Å². The summed E-state index contributed by atoms with van der Waals surface area (Å²) in [5, 5.41) is 4.41. The lowest BCUT2D eigenvalue weighted by Crippen LogP contribution is -2.28. The number of hydrogen-bond acceptors (Lipinski definition) is 4. The van der Waals surface area contributed by atoms with Crippen LogP contribution in [0.3, 0.4) is 0 Å². The molecule has 1 aromatic rings. The molecule has 3 nitrogen and oxygen atoms in total. The maximum Gasteiger partial charge on any atom is 0.147 e. The Balaban J connectivity index is 1.95. The van der Waals surface area contributed by atoms with Crippen LogP contribution in [0.15, 0.2) is 6.20 Å². The number of anilines is 1. The minimum Gasteiger partial charge on any atom is -0.366 e. The average molecular weight is 251 g/mol. The molecular formula is C13H21N3S. The minimum absolute atomic E-state index is 0.577. The van der Waals surface area contributed by atoms with Gasteiger partial charge >= 0.3 is 0 Å². The molecule has 1 aromatic heterocycles. The van der Waals surface area contributed by atoms with Gasteiger partial charge in [-0.1, -0.05) is 0 Å². The molecule has 1 saturated carbocycles. The second-order valence-electron chi connectivity index (χ2n) is 4.80. The maximum atomic E-state index is 4.53. The summed E-state index contributed by atoms with van der Waals surface area (Å²) in [4.78, 5) is 8.87. The Morgan fingerprint density at radius 3 is 2.59 bits per heavy atom. The second kappa shape index (κ2) is 5.71. The average Bonchev–Trinajstić information content (AvgIpc) is 2.35. The van der Waals surface area contributed by atoms with Crippen molar-refractivity contribution in [2.45, 2.75) is 50.8 Å². The van der Waals surface area contributed by atoms with Gasteiger partial charge in [-0.15, -0.1) is 0 Å². The van der Waals surface area contributed by atoms with Crippen LogP contribution in [-0.4, -0.2) is 27.5 Å². The van der Waals surface area contributed by atoms with Crippen molar-refractivity contribution in [1.82, 2.24) is 9.97 Å². The fourth-order valence-corrected chi connectivity index (χ4v) is 3.05. The molecule has 0 saturated heterocycles. The third-order valence-corrected chi connectivity index (χ3v) is 4.56. The topological polar surface area (TPSA) is 37.8 Å². The van der Waals surface area contributed by atoms with Crippen LogP contribution in [0, 0.1) is 13.8 Å². The van der Waals surface area contributed by atoms with Gasteiger partial charge in [-0.05, 0) is 45.8 Å². The van der Waals surface area contributed by atoms with Crippen molar-refractivity contribution in [3.8, 4) is 0 Å². The highest BCUT2D eigenvalue weighted by molar-refractivity contribution is 7.99. The highest BCUT2D eigenvalue weighted by atomic mass is 32.2. The van der Waals surface area contributed by atoms with Gasteiger partial charge in [0.15, 0.2) is 0 Å². The molecule has 0 amide bonds. The number of nitrogens with one attached hydrogen (secondary N) is 1. The predicted molar refractivity (Wildman–Crippen MR) is 74.7 cm³/mol. The Kier molecular flexibility index (Phi) is 4.26. The quantitative estimate of drug-likeness (QED) is 0.895. The summed E-state index contributed by atoms with van der Waals surface area (Å²) in [6.45, 7) is 4.00. The van der Waals surface area contributed by atoms with Crippen molar-refractivity contribution in [3.63, 3.8) is 0 Å². The molecule has 1 fully saturated rings. The molecule has 1 N–H and O–H groups in total.